The molecule has 21 heavy (non-hydrogen) atoms. The van der Waals surface area contributed by atoms with Gasteiger partial charge in [0.15, 0.2) is 0 Å². The van der Waals surface area contributed by atoms with Crippen molar-refractivity contribution in [2.45, 2.75) is 25.8 Å². The Morgan fingerprint density at radius 3 is 2.48 bits per heavy atom. The molecular formula is C12H14F3NO4S. The number of sulfonamides is 1. The molecule has 0 heterocycles. The highest BCUT2D eigenvalue weighted by Gasteiger charge is 2.45. The predicted octanol–water partition coefficient (Wildman–Crippen LogP) is 1.90. The summed E-state index contributed by atoms with van der Waals surface area (Å²) in [6.07, 6.45) is -0.0434. The summed E-state index contributed by atoms with van der Waals surface area (Å²) >= 11 is 0. The maximum Gasteiger partial charge on any atom is 0.511 e. The smallest absolute Gasteiger partial charge is 0.426 e. The number of rotatable bonds is 5. The van der Waals surface area contributed by atoms with E-state index in [-0.39, 0.29) is 12.2 Å². The lowest BCUT2D eigenvalue weighted by molar-refractivity contribution is -0.131. The van der Waals surface area contributed by atoms with E-state index in [1.165, 1.54) is 11.6 Å². The molecule has 118 valence electrons. The van der Waals surface area contributed by atoms with E-state index < -0.39 is 28.0 Å². The highest BCUT2D eigenvalue weighted by Crippen LogP contribution is 2.23. The van der Waals surface area contributed by atoms with Crippen LogP contribution in [-0.4, -0.2) is 26.4 Å². The van der Waals surface area contributed by atoms with Crippen LogP contribution in [0.15, 0.2) is 18.2 Å². The minimum Gasteiger partial charge on any atom is -0.426 e. The summed E-state index contributed by atoms with van der Waals surface area (Å²) in [7, 11) is -5.37. The largest absolute Gasteiger partial charge is 0.511 e. The zero-order chi connectivity index (χ0) is 16.3. The fraction of sp³-hybridized carbons (Fsp3) is 0.417. The molecule has 9 heteroatoms. The van der Waals surface area contributed by atoms with Gasteiger partial charge in [-0.3, -0.25) is 4.79 Å². The number of halogens is 3. The molecule has 0 spiro atoms. The maximum absolute atomic E-state index is 12.1. The fourth-order valence-electron chi connectivity index (χ4n) is 1.52. The molecule has 0 amide bonds. The first-order valence-electron chi connectivity index (χ1n) is 5.87. The predicted molar refractivity (Wildman–Crippen MR) is 69.2 cm³/mol. The quantitative estimate of drug-likeness (QED) is 0.663. The lowest BCUT2D eigenvalue weighted by Crippen LogP contribution is -2.37. The van der Waals surface area contributed by atoms with Crippen molar-refractivity contribution in [3.8, 4) is 5.75 Å². The third-order valence-corrected chi connectivity index (χ3v) is 3.66. The zero-order valence-corrected chi connectivity index (χ0v) is 12.1. The van der Waals surface area contributed by atoms with E-state index >= 15 is 0 Å². The van der Waals surface area contributed by atoms with Gasteiger partial charge in [0, 0.05) is 13.5 Å². The summed E-state index contributed by atoms with van der Waals surface area (Å²) in [6, 6.07) is 4.80. The summed E-state index contributed by atoms with van der Waals surface area (Å²) in [6.45, 7) is 2.49. The maximum atomic E-state index is 12.1. The Balaban J connectivity index is 2.79. The number of hydrogen-bond acceptors (Lipinski definition) is 4. The van der Waals surface area contributed by atoms with Crippen LogP contribution in [0.5, 0.6) is 5.75 Å². The van der Waals surface area contributed by atoms with Crippen molar-refractivity contribution in [2.24, 2.45) is 0 Å². The molecule has 1 aromatic carbocycles. The van der Waals surface area contributed by atoms with Crippen LogP contribution in [-0.2, 0) is 21.2 Å². The summed E-state index contributed by atoms with van der Waals surface area (Å²) < 4.78 is 64.5. The van der Waals surface area contributed by atoms with E-state index in [1.807, 2.05) is 0 Å². The van der Waals surface area contributed by atoms with Crippen molar-refractivity contribution < 1.29 is 31.1 Å². The van der Waals surface area contributed by atoms with Crippen molar-refractivity contribution in [3.63, 3.8) is 0 Å². The standard InChI is InChI=1S/C12H14F3NO4S/c1-8-3-4-10(11(7-8)20-9(2)17)5-6-16-21(18,19)12(13,14)15/h3-4,7,16H,5-6H2,1-2H3. The number of nitrogens with one attached hydrogen (secondary N) is 1. The van der Waals surface area contributed by atoms with Gasteiger partial charge in [-0.05, 0) is 30.5 Å². The molecule has 0 atom stereocenters. The minimum absolute atomic E-state index is 0.0434. The van der Waals surface area contributed by atoms with E-state index in [0.717, 1.165) is 5.56 Å². The second-order valence-electron chi connectivity index (χ2n) is 4.30. The van der Waals surface area contributed by atoms with Gasteiger partial charge in [0.1, 0.15) is 5.75 Å². The van der Waals surface area contributed by atoms with E-state index in [0.29, 0.717) is 5.56 Å². The fourth-order valence-corrected chi connectivity index (χ4v) is 2.05. The number of aryl methyl sites for hydroxylation is 1. The van der Waals surface area contributed by atoms with Crippen molar-refractivity contribution in [1.82, 2.24) is 4.72 Å². The van der Waals surface area contributed by atoms with Crippen LogP contribution in [0.1, 0.15) is 18.1 Å². The first-order chi connectivity index (χ1) is 9.53. The summed E-state index contributed by atoms with van der Waals surface area (Å²) in [5.74, 6) is -0.369. The lowest BCUT2D eigenvalue weighted by atomic mass is 10.1. The van der Waals surface area contributed by atoms with Gasteiger partial charge in [0.2, 0.25) is 0 Å². The Morgan fingerprint density at radius 1 is 1.33 bits per heavy atom. The average molecular weight is 325 g/mol. The van der Waals surface area contributed by atoms with Crippen LogP contribution in [0.3, 0.4) is 0 Å². The molecule has 1 N–H and O–H groups in total. The second-order valence-corrected chi connectivity index (χ2v) is 6.06. The van der Waals surface area contributed by atoms with Crippen LogP contribution in [0.4, 0.5) is 13.2 Å². The Morgan fingerprint density at radius 2 is 1.95 bits per heavy atom. The van der Waals surface area contributed by atoms with Crippen LogP contribution >= 0.6 is 0 Å². The molecule has 0 fully saturated rings. The molecule has 0 radical (unpaired) electrons. The third-order valence-electron chi connectivity index (χ3n) is 2.47. The Hall–Kier alpha value is -1.61. The SMILES string of the molecule is CC(=O)Oc1cc(C)ccc1CCNS(=O)(=O)C(F)(F)F. The van der Waals surface area contributed by atoms with Crippen LogP contribution in [0.2, 0.25) is 0 Å². The average Bonchev–Trinajstić information content (AvgIpc) is 2.29. The summed E-state index contributed by atoms with van der Waals surface area (Å²) in [5.41, 5.74) is -4.12. The van der Waals surface area contributed by atoms with Gasteiger partial charge in [-0.25, -0.2) is 13.1 Å². The zero-order valence-electron chi connectivity index (χ0n) is 11.3. The van der Waals surface area contributed by atoms with Crippen molar-refractivity contribution in [1.29, 1.82) is 0 Å². The van der Waals surface area contributed by atoms with Gasteiger partial charge in [-0.2, -0.15) is 13.2 Å². The monoisotopic (exact) mass is 325 g/mol. The number of carbonyl (C=O) groups excluding carboxylic acids is 1. The number of esters is 1. The number of ether oxygens (including phenoxy) is 1. The molecule has 0 unspecified atom stereocenters. The topological polar surface area (TPSA) is 72.5 Å². The summed E-state index contributed by atoms with van der Waals surface area (Å²) in [5, 5.41) is 0. The molecule has 0 saturated heterocycles. The molecule has 1 rings (SSSR count). The molecule has 0 bridgehead atoms. The van der Waals surface area contributed by atoms with E-state index in [9.17, 15) is 26.4 Å². The molecule has 0 aliphatic carbocycles. The molecule has 5 nitrogen and oxygen atoms in total. The van der Waals surface area contributed by atoms with Crippen molar-refractivity contribution in [2.75, 3.05) is 6.54 Å². The van der Waals surface area contributed by atoms with E-state index in [1.54, 1.807) is 25.1 Å². The highest BCUT2D eigenvalue weighted by molar-refractivity contribution is 7.90. The first kappa shape index (κ1) is 17.4. The molecular weight excluding hydrogens is 311 g/mol. The Labute approximate surface area is 120 Å². The minimum atomic E-state index is -5.37. The number of hydrogen-bond donors (Lipinski definition) is 1. The number of benzene rings is 1. The summed E-state index contributed by atoms with van der Waals surface area (Å²) in [4.78, 5) is 11.0. The van der Waals surface area contributed by atoms with Gasteiger partial charge >= 0.3 is 21.5 Å². The molecule has 0 saturated carbocycles. The molecule has 0 aliphatic rings. The van der Waals surface area contributed by atoms with Crippen molar-refractivity contribution >= 4 is 16.0 Å². The van der Waals surface area contributed by atoms with Gasteiger partial charge in [0.05, 0.1) is 0 Å². The van der Waals surface area contributed by atoms with Crippen LogP contribution < -0.4 is 9.46 Å². The Bertz CT molecular complexity index is 626. The van der Waals surface area contributed by atoms with Gasteiger partial charge in [-0.1, -0.05) is 12.1 Å². The van der Waals surface area contributed by atoms with E-state index in [2.05, 4.69) is 0 Å². The van der Waals surface area contributed by atoms with Gasteiger partial charge in [0.25, 0.3) is 0 Å². The van der Waals surface area contributed by atoms with Crippen LogP contribution in [0.25, 0.3) is 0 Å². The van der Waals surface area contributed by atoms with Crippen molar-refractivity contribution in [3.05, 3.63) is 29.3 Å². The number of alkyl halides is 3. The molecule has 0 aromatic heterocycles. The lowest BCUT2D eigenvalue weighted by Gasteiger charge is -2.12. The number of carbonyl (C=O) groups is 1. The highest BCUT2D eigenvalue weighted by atomic mass is 32.2. The Kier molecular flexibility index (Phi) is 5.35. The van der Waals surface area contributed by atoms with Gasteiger partial charge < -0.3 is 4.74 Å². The normalized spacial score (nSPS) is 12.2. The third kappa shape index (κ3) is 5.01. The molecule has 0 aliphatic heterocycles. The second kappa shape index (κ2) is 6.44. The van der Waals surface area contributed by atoms with Gasteiger partial charge in [-0.15, -0.1) is 0 Å². The first-order valence-corrected chi connectivity index (χ1v) is 7.35. The molecule has 1 aromatic rings. The van der Waals surface area contributed by atoms with E-state index in [4.69, 9.17) is 4.74 Å². The van der Waals surface area contributed by atoms with Crippen LogP contribution in [0, 0.1) is 6.92 Å².